The average Bonchev–Trinajstić information content (AvgIpc) is 2.76. The van der Waals surface area contributed by atoms with Crippen molar-refractivity contribution in [2.75, 3.05) is 26.3 Å². The smallest absolute Gasteiger partial charge is 0.236 e. The van der Waals surface area contributed by atoms with E-state index < -0.39 is 0 Å². The molecule has 1 aliphatic heterocycles. The first-order chi connectivity index (χ1) is 13.6. The van der Waals surface area contributed by atoms with Gasteiger partial charge in [-0.15, -0.1) is 9.24 Å². The van der Waals surface area contributed by atoms with Crippen LogP contribution in [-0.4, -0.2) is 49.1 Å². The van der Waals surface area contributed by atoms with Crippen LogP contribution in [0, 0.1) is 0 Å². The van der Waals surface area contributed by atoms with Crippen LogP contribution in [0.3, 0.4) is 0 Å². The second kappa shape index (κ2) is 14.5. The van der Waals surface area contributed by atoms with Crippen molar-refractivity contribution in [3.05, 3.63) is 35.9 Å². The Kier molecular flexibility index (Phi) is 12.8. The van der Waals surface area contributed by atoms with Crippen LogP contribution in [0.25, 0.3) is 0 Å². The zero-order valence-electron chi connectivity index (χ0n) is 17.5. The van der Waals surface area contributed by atoms with Crippen LogP contribution in [0.4, 0.5) is 0 Å². The van der Waals surface area contributed by atoms with Gasteiger partial charge in [-0.3, -0.25) is 9.59 Å². The van der Waals surface area contributed by atoms with Gasteiger partial charge >= 0.3 is 0 Å². The van der Waals surface area contributed by atoms with Crippen molar-refractivity contribution in [3.8, 4) is 0 Å². The molecule has 6 heteroatoms. The summed E-state index contributed by atoms with van der Waals surface area (Å²) in [4.78, 5) is 23.7. The predicted molar refractivity (Wildman–Crippen MR) is 120 cm³/mol. The summed E-state index contributed by atoms with van der Waals surface area (Å²) in [6.45, 7) is 4.89. The minimum Gasteiger partial charge on any atom is -0.353 e. The van der Waals surface area contributed by atoms with Crippen LogP contribution < -0.4 is 11.1 Å². The van der Waals surface area contributed by atoms with Gasteiger partial charge in [-0.2, -0.15) is 0 Å². The van der Waals surface area contributed by atoms with Crippen molar-refractivity contribution >= 4 is 21.1 Å². The monoisotopic (exact) mass is 407 g/mol. The first-order valence-corrected chi connectivity index (χ1v) is 11.6. The van der Waals surface area contributed by atoms with Gasteiger partial charge in [0.05, 0.1) is 6.54 Å². The molecule has 1 saturated carbocycles. The number of nitrogens with zero attached hydrogens (tertiary/aromatic N) is 1. The van der Waals surface area contributed by atoms with E-state index in [9.17, 15) is 9.59 Å². The number of amides is 2. The van der Waals surface area contributed by atoms with Crippen LogP contribution in [-0.2, 0) is 9.59 Å². The zero-order valence-corrected chi connectivity index (χ0v) is 18.7. The van der Waals surface area contributed by atoms with Crippen molar-refractivity contribution < 1.29 is 9.59 Å². The van der Waals surface area contributed by atoms with E-state index in [1.54, 1.807) is 10.5 Å². The van der Waals surface area contributed by atoms with Gasteiger partial charge in [-0.1, -0.05) is 56.3 Å². The number of nitrogens with one attached hydrogen (secondary N) is 1. The minimum atomic E-state index is -0.00808. The van der Waals surface area contributed by atoms with Gasteiger partial charge < -0.3 is 16.0 Å². The Bertz CT molecular complexity index is 554. The second-order valence-electron chi connectivity index (χ2n) is 7.31. The Hall–Kier alpha value is -1.45. The molecule has 2 fully saturated rings. The number of piperidine rings is 1. The van der Waals surface area contributed by atoms with Crippen LogP contribution in [0.1, 0.15) is 63.4 Å². The Morgan fingerprint density at radius 2 is 1.61 bits per heavy atom. The second-order valence-corrected chi connectivity index (χ2v) is 7.31. The molecule has 1 unspecified atom stereocenters. The molecule has 2 aliphatic rings. The molecule has 3 rings (SSSR count). The van der Waals surface area contributed by atoms with Crippen molar-refractivity contribution in [1.82, 2.24) is 10.2 Å². The highest BCUT2D eigenvalue weighted by molar-refractivity contribution is 7.15. The number of hydrogen-bond acceptors (Lipinski definition) is 3. The fourth-order valence-corrected chi connectivity index (χ4v) is 3.85. The predicted octanol–water partition coefficient (Wildman–Crippen LogP) is 3.30. The van der Waals surface area contributed by atoms with E-state index in [1.807, 2.05) is 6.66 Å². The maximum atomic E-state index is 11.2. The molecule has 1 atom stereocenters. The molecule has 3 N–H and O–H groups in total. The highest BCUT2D eigenvalue weighted by Crippen LogP contribution is 2.32. The van der Waals surface area contributed by atoms with Crippen LogP contribution >= 0.6 is 9.24 Å². The SMILES string of the molecule is CC(=O)NC1CCN(C(=O)CN)CC1.CP.c1ccc(C2CCCCC2)cc1. The lowest BCUT2D eigenvalue weighted by Crippen LogP contribution is -2.47. The molecule has 0 bridgehead atoms. The number of rotatable bonds is 3. The Morgan fingerprint density at radius 3 is 2.11 bits per heavy atom. The van der Waals surface area contributed by atoms with Gasteiger partial charge in [0.15, 0.2) is 0 Å². The fourth-order valence-electron chi connectivity index (χ4n) is 3.85. The van der Waals surface area contributed by atoms with Gasteiger partial charge in [0.2, 0.25) is 11.8 Å². The molecular formula is C22H38N3O2P. The maximum absolute atomic E-state index is 11.2. The molecule has 1 saturated heterocycles. The number of likely N-dealkylation sites (tertiary alicyclic amines) is 1. The van der Waals surface area contributed by atoms with E-state index in [4.69, 9.17) is 5.73 Å². The van der Waals surface area contributed by atoms with E-state index in [0.29, 0.717) is 13.1 Å². The van der Waals surface area contributed by atoms with Gasteiger partial charge in [0.1, 0.15) is 0 Å². The molecule has 1 aliphatic carbocycles. The van der Waals surface area contributed by atoms with Crippen LogP contribution in [0.2, 0.25) is 0 Å². The summed E-state index contributed by atoms with van der Waals surface area (Å²) in [6, 6.07) is 11.2. The third-order valence-corrected chi connectivity index (χ3v) is 5.31. The fraction of sp³-hybridized carbons (Fsp3) is 0.636. The first-order valence-electron chi connectivity index (χ1n) is 10.5. The summed E-state index contributed by atoms with van der Waals surface area (Å²) in [5, 5.41) is 2.85. The van der Waals surface area contributed by atoms with E-state index in [0.717, 1.165) is 18.8 Å². The Morgan fingerprint density at radius 1 is 1.04 bits per heavy atom. The van der Waals surface area contributed by atoms with Crippen molar-refractivity contribution in [2.45, 2.75) is 63.8 Å². The number of nitrogens with two attached hydrogens (primary N) is 1. The molecule has 2 amide bonds. The standard InChI is InChI=1S/C12H16.C9H17N3O2.CH5P/c1-3-7-11(8-4-1)12-9-5-2-6-10-12;1-7(13)11-8-2-4-12(5-3-8)9(14)6-10;1-2/h1,3-4,7-8,12H,2,5-6,9-10H2;8H,2-6,10H2,1H3,(H,11,13);2H2,1H3. The lowest BCUT2D eigenvalue weighted by atomic mass is 9.84. The van der Waals surface area contributed by atoms with Gasteiger partial charge in [0.25, 0.3) is 0 Å². The maximum Gasteiger partial charge on any atom is 0.236 e. The lowest BCUT2D eigenvalue weighted by Gasteiger charge is -2.31. The van der Waals surface area contributed by atoms with Crippen LogP contribution in [0.5, 0.6) is 0 Å². The van der Waals surface area contributed by atoms with Gasteiger partial charge in [0, 0.05) is 26.1 Å². The molecule has 1 heterocycles. The summed E-state index contributed by atoms with van der Waals surface area (Å²) < 4.78 is 0. The minimum absolute atomic E-state index is 0.00592. The third kappa shape index (κ3) is 9.16. The average molecular weight is 408 g/mol. The lowest BCUT2D eigenvalue weighted by molar-refractivity contribution is -0.130. The molecule has 28 heavy (non-hydrogen) atoms. The Balaban J connectivity index is 0.000000259. The summed E-state index contributed by atoms with van der Waals surface area (Å²) in [7, 11) is 2.42. The van der Waals surface area contributed by atoms with Gasteiger partial charge in [-0.05, 0) is 37.2 Å². The van der Waals surface area contributed by atoms with E-state index in [-0.39, 0.29) is 24.4 Å². The highest BCUT2D eigenvalue weighted by Gasteiger charge is 2.22. The first kappa shape index (κ1) is 24.6. The largest absolute Gasteiger partial charge is 0.353 e. The number of hydrogen-bond donors (Lipinski definition) is 2. The van der Waals surface area contributed by atoms with Gasteiger partial charge in [-0.25, -0.2) is 0 Å². The highest BCUT2D eigenvalue weighted by atomic mass is 31.0. The van der Waals surface area contributed by atoms with Crippen molar-refractivity contribution in [1.29, 1.82) is 0 Å². The van der Waals surface area contributed by atoms with E-state index in [2.05, 4.69) is 44.9 Å². The number of carbonyl (C=O) groups excluding carboxylic acids is 2. The molecule has 0 aromatic heterocycles. The van der Waals surface area contributed by atoms with E-state index in [1.165, 1.54) is 39.0 Å². The number of carbonyl (C=O) groups is 2. The topological polar surface area (TPSA) is 75.4 Å². The van der Waals surface area contributed by atoms with E-state index >= 15 is 0 Å². The summed E-state index contributed by atoms with van der Waals surface area (Å²) >= 11 is 0. The summed E-state index contributed by atoms with van der Waals surface area (Å²) in [5.74, 6) is 0.847. The molecule has 158 valence electrons. The quantitative estimate of drug-likeness (QED) is 0.755. The van der Waals surface area contributed by atoms with Crippen LogP contribution in [0.15, 0.2) is 30.3 Å². The molecule has 0 spiro atoms. The summed E-state index contributed by atoms with van der Waals surface area (Å²) in [5.41, 5.74) is 6.81. The third-order valence-electron chi connectivity index (χ3n) is 5.31. The molecule has 0 radical (unpaired) electrons. The summed E-state index contributed by atoms with van der Waals surface area (Å²) in [6.07, 6.45) is 8.77. The number of benzene rings is 1. The zero-order chi connectivity index (χ0) is 20.8. The normalized spacial score (nSPS) is 17.5. The molecule has 1 aromatic carbocycles. The Labute approximate surface area is 173 Å². The molecule has 1 aromatic rings. The molecular weight excluding hydrogens is 369 g/mol. The van der Waals surface area contributed by atoms with Crippen molar-refractivity contribution in [3.63, 3.8) is 0 Å². The molecule has 5 nitrogen and oxygen atoms in total. The van der Waals surface area contributed by atoms with Crippen molar-refractivity contribution in [2.24, 2.45) is 5.73 Å².